The number of nitrogens with zero attached hydrogens (tertiary/aromatic N) is 2. The second-order valence-corrected chi connectivity index (χ2v) is 5.39. The predicted molar refractivity (Wildman–Crippen MR) is 74.7 cm³/mol. The molecule has 1 saturated carbocycles. The Balaban J connectivity index is 2.09. The van der Waals surface area contributed by atoms with Crippen LogP contribution in [0.15, 0.2) is 11.2 Å². The molecule has 0 aromatic carbocycles. The molecule has 5 nitrogen and oxygen atoms in total. The highest BCUT2D eigenvalue weighted by Crippen LogP contribution is 2.22. The molecule has 1 aliphatic rings. The first-order valence-electron chi connectivity index (χ1n) is 6.32. The first kappa shape index (κ1) is 13.4. The fourth-order valence-electron chi connectivity index (χ4n) is 2.25. The zero-order valence-electron chi connectivity index (χ0n) is 10.6. The molecule has 0 bridgehead atoms. The Hall–Kier alpha value is -1.01. The van der Waals surface area contributed by atoms with Crippen LogP contribution in [-0.4, -0.2) is 33.5 Å². The van der Waals surface area contributed by atoms with Gasteiger partial charge in [-0.3, -0.25) is 0 Å². The Labute approximate surface area is 112 Å². The second kappa shape index (κ2) is 6.24. The molecule has 1 fully saturated rings. The third-order valence-corrected chi connectivity index (χ3v) is 3.77. The lowest BCUT2D eigenvalue weighted by molar-refractivity contribution is 0.144. The summed E-state index contributed by atoms with van der Waals surface area (Å²) in [5.74, 6) is 1.16. The van der Waals surface area contributed by atoms with Gasteiger partial charge in [-0.25, -0.2) is 9.97 Å². The first-order chi connectivity index (χ1) is 8.69. The Kier molecular flexibility index (Phi) is 4.66. The smallest absolute Gasteiger partial charge is 0.191 e. The van der Waals surface area contributed by atoms with E-state index in [1.165, 1.54) is 18.2 Å². The lowest BCUT2D eigenvalue weighted by Gasteiger charge is -2.22. The molecule has 0 aliphatic heterocycles. The average Bonchev–Trinajstić information content (AvgIpc) is 2.54. The van der Waals surface area contributed by atoms with Gasteiger partial charge in [0.2, 0.25) is 0 Å². The Bertz CT molecular complexity index is 402. The molecule has 6 heteroatoms. The summed E-state index contributed by atoms with van der Waals surface area (Å²) in [5.41, 5.74) is 5.74. The van der Waals surface area contributed by atoms with Crippen molar-refractivity contribution in [1.82, 2.24) is 9.97 Å². The molecule has 2 atom stereocenters. The zero-order chi connectivity index (χ0) is 13.0. The van der Waals surface area contributed by atoms with E-state index in [1.807, 2.05) is 6.26 Å². The molecule has 1 heterocycles. The molecule has 1 aromatic heterocycles. The van der Waals surface area contributed by atoms with Crippen LogP contribution in [-0.2, 0) is 0 Å². The second-order valence-electron chi connectivity index (χ2n) is 4.62. The number of aliphatic hydroxyl groups is 1. The third-order valence-electron chi connectivity index (χ3n) is 3.22. The normalized spacial score (nSPS) is 24.6. The molecule has 0 amide bonds. The van der Waals surface area contributed by atoms with E-state index >= 15 is 0 Å². The van der Waals surface area contributed by atoms with Crippen molar-refractivity contribution in [3.8, 4) is 0 Å². The minimum atomic E-state index is -0.304. The van der Waals surface area contributed by atoms with Crippen molar-refractivity contribution in [1.29, 1.82) is 0 Å². The van der Waals surface area contributed by atoms with E-state index in [0.717, 1.165) is 25.7 Å². The number of rotatable bonds is 3. The molecular weight excluding hydrogens is 248 g/mol. The summed E-state index contributed by atoms with van der Waals surface area (Å²) < 4.78 is 0. The Morgan fingerprint density at radius 1 is 1.33 bits per heavy atom. The van der Waals surface area contributed by atoms with Gasteiger partial charge in [-0.15, -0.1) is 0 Å². The molecule has 0 saturated heterocycles. The Morgan fingerprint density at radius 3 is 2.89 bits per heavy atom. The lowest BCUT2D eigenvalue weighted by atomic mass is 10.1. The van der Waals surface area contributed by atoms with E-state index in [4.69, 9.17) is 5.73 Å². The maximum Gasteiger partial charge on any atom is 0.191 e. The maximum atomic E-state index is 10.1. The molecule has 4 N–H and O–H groups in total. The van der Waals surface area contributed by atoms with Crippen LogP contribution in [0.2, 0.25) is 0 Å². The minimum absolute atomic E-state index is 0.0662. The molecule has 2 rings (SSSR count). The molecule has 0 radical (unpaired) electrons. The van der Waals surface area contributed by atoms with E-state index in [2.05, 4.69) is 15.3 Å². The van der Waals surface area contributed by atoms with Crippen LogP contribution in [0.1, 0.15) is 32.1 Å². The van der Waals surface area contributed by atoms with Gasteiger partial charge in [0.25, 0.3) is 0 Å². The van der Waals surface area contributed by atoms with Crippen LogP contribution in [0.25, 0.3) is 0 Å². The van der Waals surface area contributed by atoms with Crippen LogP contribution in [0.5, 0.6) is 0 Å². The van der Waals surface area contributed by atoms with Crippen molar-refractivity contribution in [2.24, 2.45) is 0 Å². The molecule has 18 heavy (non-hydrogen) atoms. The van der Waals surface area contributed by atoms with Gasteiger partial charge in [-0.2, -0.15) is 0 Å². The van der Waals surface area contributed by atoms with Crippen LogP contribution in [0, 0.1) is 0 Å². The van der Waals surface area contributed by atoms with Crippen molar-refractivity contribution >= 4 is 23.4 Å². The van der Waals surface area contributed by atoms with Gasteiger partial charge in [0, 0.05) is 6.07 Å². The largest absolute Gasteiger partial charge is 0.391 e. The van der Waals surface area contributed by atoms with E-state index in [-0.39, 0.29) is 12.1 Å². The molecule has 1 aromatic rings. The number of thioether (sulfide) groups is 1. The van der Waals surface area contributed by atoms with Gasteiger partial charge >= 0.3 is 0 Å². The van der Waals surface area contributed by atoms with Crippen LogP contribution >= 0.6 is 11.8 Å². The van der Waals surface area contributed by atoms with Gasteiger partial charge in [0.05, 0.1) is 12.1 Å². The number of nitrogens with one attached hydrogen (secondary N) is 1. The maximum absolute atomic E-state index is 10.1. The van der Waals surface area contributed by atoms with Gasteiger partial charge in [-0.1, -0.05) is 31.0 Å². The summed E-state index contributed by atoms with van der Waals surface area (Å²) in [6, 6.07) is 1.79. The van der Waals surface area contributed by atoms with Crippen LogP contribution in [0.4, 0.5) is 11.6 Å². The van der Waals surface area contributed by atoms with E-state index in [1.54, 1.807) is 6.07 Å². The highest BCUT2D eigenvalue weighted by molar-refractivity contribution is 7.98. The van der Waals surface area contributed by atoms with E-state index < -0.39 is 0 Å². The van der Waals surface area contributed by atoms with E-state index in [9.17, 15) is 5.11 Å². The van der Waals surface area contributed by atoms with Gasteiger partial charge < -0.3 is 16.2 Å². The monoisotopic (exact) mass is 268 g/mol. The fraction of sp³-hybridized carbons (Fsp3) is 0.667. The highest BCUT2D eigenvalue weighted by Gasteiger charge is 2.21. The SMILES string of the molecule is CSc1nc(N)cc(NC2CCCCCC2O)n1. The zero-order valence-corrected chi connectivity index (χ0v) is 11.4. The van der Waals surface area contributed by atoms with Gasteiger partial charge in [0.1, 0.15) is 11.6 Å². The Morgan fingerprint density at radius 2 is 2.11 bits per heavy atom. The standard InChI is InChI=1S/C12H20N4OS/c1-18-12-15-10(13)7-11(16-12)14-8-5-3-2-4-6-9(8)17/h7-9,17H,2-6H2,1H3,(H3,13,14,15,16). The third kappa shape index (κ3) is 3.49. The van der Waals surface area contributed by atoms with Crippen molar-refractivity contribution in [2.45, 2.75) is 49.4 Å². The van der Waals surface area contributed by atoms with Crippen molar-refractivity contribution in [3.05, 3.63) is 6.07 Å². The number of aliphatic hydroxyl groups excluding tert-OH is 1. The fourth-order valence-corrected chi connectivity index (χ4v) is 2.64. The van der Waals surface area contributed by atoms with Crippen molar-refractivity contribution in [2.75, 3.05) is 17.3 Å². The quantitative estimate of drug-likeness (QED) is 0.441. The van der Waals surface area contributed by atoms with Crippen molar-refractivity contribution < 1.29 is 5.11 Å². The number of nitrogens with two attached hydrogens (primary N) is 1. The van der Waals surface area contributed by atoms with Crippen LogP contribution in [0.3, 0.4) is 0 Å². The highest BCUT2D eigenvalue weighted by atomic mass is 32.2. The van der Waals surface area contributed by atoms with Crippen LogP contribution < -0.4 is 11.1 Å². The molecular formula is C12H20N4OS. The molecule has 100 valence electrons. The molecule has 2 unspecified atom stereocenters. The number of hydrogen-bond acceptors (Lipinski definition) is 6. The topological polar surface area (TPSA) is 84.1 Å². The first-order valence-corrected chi connectivity index (χ1v) is 7.54. The summed E-state index contributed by atoms with van der Waals surface area (Å²) in [6.07, 6.45) is 6.87. The summed E-state index contributed by atoms with van der Waals surface area (Å²) in [7, 11) is 0. The van der Waals surface area contributed by atoms with Crippen molar-refractivity contribution in [3.63, 3.8) is 0 Å². The summed E-state index contributed by atoms with van der Waals surface area (Å²) in [5, 5.41) is 14.0. The molecule has 0 spiro atoms. The summed E-state index contributed by atoms with van der Waals surface area (Å²) >= 11 is 1.46. The summed E-state index contributed by atoms with van der Waals surface area (Å²) in [6.45, 7) is 0. The van der Waals surface area contributed by atoms with E-state index in [0.29, 0.717) is 16.8 Å². The summed E-state index contributed by atoms with van der Waals surface area (Å²) in [4.78, 5) is 8.47. The van der Waals surface area contributed by atoms with Gasteiger partial charge in [-0.05, 0) is 19.1 Å². The van der Waals surface area contributed by atoms with Gasteiger partial charge in [0.15, 0.2) is 5.16 Å². The minimum Gasteiger partial charge on any atom is -0.391 e. The number of aromatic nitrogens is 2. The number of nitrogen functional groups attached to an aromatic ring is 1. The number of hydrogen-bond donors (Lipinski definition) is 3. The predicted octanol–water partition coefficient (Wildman–Crippen LogP) is 1.89. The number of anilines is 2. The average molecular weight is 268 g/mol. The lowest BCUT2D eigenvalue weighted by Crippen LogP contribution is -2.32. The molecule has 1 aliphatic carbocycles.